The Hall–Kier alpha value is -1.44. The molecule has 1 N–H and O–H groups in total. The predicted octanol–water partition coefficient (Wildman–Crippen LogP) is 1.59. The molecule has 3 rings (SSSR count). The zero-order valence-corrected chi connectivity index (χ0v) is 13.2. The van der Waals surface area contributed by atoms with Crippen LogP contribution in [0, 0.1) is 6.92 Å². The van der Waals surface area contributed by atoms with Crippen LogP contribution in [0.15, 0.2) is 9.05 Å². The third-order valence-corrected chi connectivity index (χ3v) is 3.73. The summed E-state index contributed by atoms with van der Waals surface area (Å²) >= 11 is 0. The van der Waals surface area contributed by atoms with E-state index in [9.17, 15) is 0 Å². The fraction of sp³-hybridized carbons (Fsp3) is 0.615. The minimum Gasteiger partial charge on any atom is -0.361 e. The standard InChI is InChI=1S/C13H19N5O2.ClH/c1-4-9-11(8(2)19-16-9)13-15-12(17-20-13)10-7-14-5-6-18(10)3;/h10,14H,4-7H2,1-3H3;1H. The van der Waals surface area contributed by atoms with Crippen LogP contribution in [0.4, 0.5) is 0 Å². The fourth-order valence-corrected chi connectivity index (χ4v) is 2.50. The summed E-state index contributed by atoms with van der Waals surface area (Å²) in [7, 11) is 2.07. The van der Waals surface area contributed by atoms with Crippen LogP contribution in [0.25, 0.3) is 11.5 Å². The summed E-state index contributed by atoms with van der Waals surface area (Å²) in [6.07, 6.45) is 0.773. The van der Waals surface area contributed by atoms with Crippen LogP contribution in [0.1, 0.15) is 30.2 Å². The maximum atomic E-state index is 5.42. The van der Waals surface area contributed by atoms with Crippen molar-refractivity contribution in [2.24, 2.45) is 0 Å². The Morgan fingerprint density at radius 1 is 1.33 bits per heavy atom. The average Bonchev–Trinajstić information content (AvgIpc) is 3.05. The Labute approximate surface area is 129 Å². The molecular formula is C13H20ClN5O2. The molecule has 0 amide bonds. The summed E-state index contributed by atoms with van der Waals surface area (Å²) in [5.41, 5.74) is 1.69. The van der Waals surface area contributed by atoms with Gasteiger partial charge in [-0.15, -0.1) is 12.4 Å². The number of likely N-dealkylation sites (N-methyl/N-ethyl adjacent to an activating group) is 1. The second-order valence-corrected chi connectivity index (χ2v) is 5.07. The summed E-state index contributed by atoms with van der Waals surface area (Å²) < 4.78 is 10.6. The van der Waals surface area contributed by atoms with Crippen LogP contribution >= 0.6 is 12.4 Å². The van der Waals surface area contributed by atoms with Gasteiger partial charge >= 0.3 is 0 Å². The molecule has 0 radical (unpaired) electrons. The van der Waals surface area contributed by atoms with E-state index in [4.69, 9.17) is 9.05 Å². The molecule has 1 unspecified atom stereocenters. The molecule has 2 aromatic heterocycles. The van der Waals surface area contributed by atoms with E-state index in [2.05, 4.69) is 32.6 Å². The van der Waals surface area contributed by atoms with Crippen LogP contribution in [0.2, 0.25) is 0 Å². The third-order valence-electron chi connectivity index (χ3n) is 3.73. The molecule has 0 bridgehead atoms. The maximum Gasteiger partial charge on any atom is 0.263 e. The van der Waals surface area contributed by atoms with E-state index in [-0.39, 0.29) is 18.4 Å². The number of hydrogen-bond acceptors (Lipinski definition) is 7. The molecule has 1 atom stereocenters. The van der Waals surface area contributed by atoms with Crippen molar-refractivity contribution in [1.29, 1.82) is 0 Å². The molecule has 3 heterocycles. The highest BCUT2D eigenvalue weighted by Crippen LogP contribution is 2.28. The van der Waals surface area contributed by atoms with Crippen molar-refractivity contribution < 1.29 is 9.05 Å². The lowest BCUT2D eigenvalue weighted by Crippen LogP contribution is -2.44. The monoisotopic (exact) mass is 313 g/mol. The summed E-state index contributed by atoms with van der Waals surface area (Å²) in [4.78, 5) is 6.77. The van der Waals surface area contributed by atoms with Gasteiger partial charge in [0.15, 0.2) is 5.82 Å². The number of piperazine rings is 1. The van der Waals surface area contributed by atoms with Crippen LogP contribution in [0.5, 0.6) is 0 Å². The Balaban J connectivity index is 0.00000161. The molecule has 0 saturated carbocycles. The molecule has 116 valence electrons. The number of aromatic nitrogens is 3. The van der Waals surface area contributed by atoms with Crippen molar-refractivity contribution in [2.45, 2.75) is 26.3 Å². The fourth-order valence-electron chi connectivity index (χ4n) is 2.50. The first kappa shape index (κ1) is 15.9. The predicted molar refractivity (Wildman–Crippen MR) is 79.4 cm³/mol. The lowest BCUT2D eigenvalue weighted by molar-refractivity contribution is 0.190. The van der Waals surface area contributed by atoms with E-state index in [0.29, 0.717) is 17.5 Å². The summed E-state index contributed by atoms with van der Waals surface area (Å²) in [5.74, 6) is 1.92. The van der Waals surface area contributed by atoms with Crippen LogP contribution < -0.4 is 5.32 Å². The van der Waals surface area contributed by atoms with Gasteiger partial charge in [-0.25, -0.2) is 0 Å². The van der Waals surface area contributed by atoms with E-state index in [1.54, 1.807) is 0 Å². The molecule has 0 aromatic carbocycles. The Kier molecular flexibility index (Phi) is 4.97. The first-order valence-electron chi connectivity index (χ1n) is 6.90. The second-order valence-electron chi connectivity index (χ2n) is 5.07. The molecular weight excluding hydrogens is 294 g/mol. The van der Waals surface area contributed by atoms with Crippen LogP contribution in [-0.4, -0.2) is 46.9 Å². The molecule has 1 aliphatic rings. The number of halogens is 1. The molecule has 1 saturated heterocycles. The SMILES string of the molecule is CCc1noc(C)c1-c1nc(C2CNCCN2C)no1.Cl. The molecule has 1 fully saturated rings. The Morgan fingerprint density at radius 3 is 2.86 bits per heavy atom. The summed E-state index contributed by atoms with van der Waals surface area (Å²) in [5, 5.41) is 11.5. The van der Waals surface area contributed by atoms with Crippen molar-refractivity contribution in [2.75, 3.05) is 26.7 Å². The van der Waals surface area contributed by atoms with Gasteiger partial charge in [0.1, 0.15) is 11.3 Å². The molecule has 2 aromatic rings. The van der Waals surface area contributed by atoms with Gasteiger partial charge in [-0.1, -0.05) is 17.2 Å². The van der Waals surface area contributed by atoms with Crippen molar-refractivity contribution in [1.82, 2.24) is 25.5 Å². The largest absolute Gasteiger partial charge is 0.361 e. The number of nitrogens with one attached hydrogen (secondary N) is 1. The van der Waals surface area contributed by atoms with E-state index in [0.717, 1.165) is 37.3 Å². The minimum atomic E-state index is 0. The number of rotatable bonds is 3. The quantitative estimate of drug-likeness (QED) is 0.921. The molecule has 1 aliphatic heterocycles. The second kappa shape index (κ2) is 6.55. The minimum absolute atomic E-state index is 0. The van der Waals surface area contributed by atoms with Gasteiger partial charge in [-0.2, -0.15) is 4.98 Å². The molecule has 21 heavy (non-hydrogen) atoms. The van der Waals surface area contributed by atoms with E-state index in [1.807, 2.05) is 13.8 Å². The smallest absolute Gasteiger partial charge is 0.263 e. The van der Waals surface area contributed by atoms with Crippen molar-refractivity contribution in [3.8, 4) is 11.5 Å². The lowest BCUT2D eigenvalue weighted by Gasteiger charge is -2.30. The Bertz CT molecular complexity index is 597. The molecule has 8 heteroatoms. The van der Waals surface area contributed by atoms with Gasteiger partial charge in [0.25, 0.3) is 5.89 Å². The summed E-state index contributed by atoms with van der Waals surface area (Å²) in [6.45, 7) is 6.68. The first-order valence-corrected chi connectivity index (χ1v) is 6.90. The third kappa shape index (κ3) is 2.95. The van der Waals surface area contributed by atoms with Gasteiger partial charge in [0.2, 0.25) is 0 Å². The van der Waals surface area contributed by atoms with E-state index < -0.39 is 0 Å². The first-order chi connectivity index (χ1) is 9.70. The highest BCUT2D eigenvalue weighted by atomic mass is 35.5. The molecule has 7 nitrogen and oxygen atoms in total. The maximum absolute atomic E-state index is 5.42. The van der Waals surface area contributed by atoms with Crippen molar-refractivity contribution in [3.05, 3.63) is 17.3 Å². The summed E-state index contributed by atoms with van der Waals surface area (Å²) in [6, 6.07) is 0.145. The van der Waals surface area contributed by atoms with Gasteiger partial charge in [0.05, 0.1) is 11.7 Å². The van der Waals surface area contributed by atoms with Gasteiger partial charge in [-0.3, -0.25) is 4.90 Å². The molecule has 0 spiro atoms. The molecule has 0 aliphatic carbocycles. The number of hydrogen-bond donors (Lipinski definition) is 1. The highest BCUT2D eigenvalue weighted by Gasteiger charge is 2.27. The van der Waals surface area contributed by atoms with Crippen molar-refractivity contribution in [3.63, 3.8) is 0 Å². The van der Waals surface area contributed by atoms with Gasteiger partial charge in [0, 0.05) is 19.6 Å². The van der Waals surface area contributed by atoms with E-state index in [1.165, 1.54) is 0 Å². The highest BCUT2D eigenvalue weighted by molar-refractivity contribution is 5.85. The van der Waals surface area contributed by atoms with Crippen LogP contribution in [-0.2, 0) is 6.42 Å². The topological polar surface area (TPSA) is 80.2 Å². The van der Waals surface area contributed by atoms with Crippen molar-refractivity contribution >= 4 is 12.4 Å². The van der Waals surface area contributed by atoms with E-state index >= 15 is 0 Å². The Morgan fingerprint density at radius 2 is 2.14 bits per heavy atom. The lowest BCUT2D eigenvalue weighted by atomic mass is 10.1. The normalized spacial score (nSPS) is 19.5. The van der Waals surface area contributed by atoms with Gasteiger partial charge in [-0.05, 0) is 20.4 Å². The number of aryl methyl sites for hydroxylation is 2. The zero-order chi connectivity index (χ0) is 14.1. The average molecular weight is 314 g/mol. The zero-order valence-electron chi connectivity index (χ0n) is 12.4. The van der Waals surface area contributed by atoms with Gasteiger partial charge < -0.3 is 14.4 Å². The van der Waals surface area contributed by atoms with Crippen LogP contribution in [0.3, 0.4) is 0 Å². The number of nitrogens with zero attached hydrogens (tertiary/aromatic N) is 4.